The number of nitrogens with one attached hydrogen (secondary N) is 2. The standard InChI is InChI=1S/C20H27N3O2S.ClH/c1-16-9-6-7-12-18(16)15-23(22-26(2,24)25)19-13-8-14-21-20(19)17-10-4-3-5-11-17;/h3-7,9-12,19-22H,8,13-15H2,1-2H3;1H/t19-,20-;/m0./s1. The molecule has 0 amide bonds. The van der Waals surface area contributed by atoms with E-state index in [2.05, 4.69) is 41.3 Å². The molecule has 0 unspecified atom stereocenters. The highest BCUT2D eigenvalue weighted by molar-refractivity contribution is 7.88. The van der Waals surface area contributed by atoms with Crippen LogP contribution in [0.15, 0.2) is 54.6 Å². The number of benzene rings is 2. The minimum absolute atomic E-state index is 0. The van der Waals surface area contributed by atoms with E-state index in [1.165, 1.54) is 11.8 Å². The van der Waals surface area contributed by atoms with Gasteiger partial charge in [0.25, 0.3) is 0 Å². The normalized spacial score (nSPS) is 20.3. The molecule has 1 fully saturated rings. The highest BCUT2D eigenvalue weighted by Gasteiger charge is 2.32. The van der Waals surface area contributed by atoms with Crippen LogP contribution >= 0.6 is 12.4 Å². The van der Waals surface area contributed by atoms with Gasteiger partial charge in [0.05, 0.1) is 6.26 Å². The molecule has 2 atom stereocenters. The monoisotopic (exact) mass is 409 g/mol. The van der Waals surface area contributed by atoms with E-state index < -0.39 is 10.0 Å². The zero-order valence-corrected chi connectivity index (χ0v) is 17.4. The molecule has 0 spiro atoms. The summed E-state index contributed by atoms with van der Waals surface area (Å²) in [5.41, 5.74) is 3.47. The summed E-state index contributed by atoms with van der Waals surface area (Å²) in [5.74, 6) is 0. The van der Waals surface area contributed by atoms with Crippen molar-refractivity contribution in [1.82, 2.24) is 15.2 Å². The number of hydrogen-bond acceptors (Lipinski definition) is 4. The number of aryl methyl sites for hydroxylation is 1. The van der Waals surface area contributed by atoms with Crippen LogP contribution in [-0.2, 0) is 16.6 Å². The topological polar surface area (TPSA) is 61.4 Å². The second kappa shape index (κ2) is 9.66. The Bertz CT molecular complexity index is 830. The van der Waals surface area contributed by atoms with Crippen molar-refractivity contribution < 1.29 is 8.42 Å². The lowest BCUT2D eigenvalue weighted by Gasteiger charge is -2.40. The molecule has 2 aromatic rings. The minimum atomic E-state index is -3.36. The molecule has 27 heavy (non-hydrogen) atoms. The van der Waals surface area contributed by atoms with E-state index in [4.69, 9.17) is 0 Å². The van der Waals surface area contributed by atoms with Gasteiger partial charge in [-0.2, -0.15) is 0 Å². The Morgan fingerprint density at radius 2 is 1.78 bits per heavy atom. The predicted octanol–water partition coefficient (Wildman–Crippen LogP) is 3.18. The third kappa shape index (κ3) is 6.02. The molecule has 0 aliphatic carbocycles. The van der Waals surface area contributed by atoms with Crippen molar-refractivity contribution in [2.45, 2.75) is 38.4 Å². The molecule has 2 aromatic carbocycles. The molecule has 0 bridgehead atoms. The van der Waals surface area contributed by atoms with Crippen molar-refractivity contribution >= 4 is 22.4 Å². The summed E-state index contributed by atoms with van der Waals surface area (Å²) in [5, 5.41) is 5.47. The average molecular weight is 410 g/mol. The largest absolute Gasteiger partial charge is 0.309 e. The van der Waals surface area contributed by atoms with Crippen LogP contribution in [0.2, 0.25) is 0 Å². The van der Waals surface area contributed by atoms with Gasteiger partial charge in [-0.1, -0.05) is 54.6 Å². The molecule has 1 heterocycles. The number of piperidine rings is 1. The van der Waals surface area contributed by atoms with Gasteiger partial charge in [-0.25, -0.2) is 13.4 Å². The van der Waals surface area contributed by atoms with Crippen LogP contribution in [0.25, 0.3) is 0 Å². The lowest BCUT2D eigenvalue weighted by molar-refractivity contribution is 0.0968. The molecule has 2 N–H and O–H groups in total. The fraction of sp³-hybridized carbons (Fsp3) is 0.400. The molecule has 3 rings (SSSR count). The molecule has 0 radical (unpaired) electrons. The van der Waals surface area contributed by atoms with Gasteiger partial charge >= 0.3 is 0 Å². The van der Waals surface area contributed by atoms with Crippen LogP contribution in [0.5, 0.6) is 0 Å². The molecular weight excluding hydrogens is 382 g/mol. The number of nitrogens with zero attached hydrogens (tertiary/aromatic N) is 1. The molecule has 0 aromatic heterocycles. The summed E-state index contributed by atoms with van der Waals surface area (Å²) in [6.45, 7) is 3.53. The molecule has 7 heteroatoms. The van der Waals surface area contributed by atoms with Crippen molar-refractivity contribution in [2.24, 2.45) is 0 Å². The first-order valence-corrected chi connectivity index (χ1v) is 10.9. The van der Waals surface area contributed by atoms with Crippen LogP contribution < -0.4 is 10.1 Å². The second-order valence-corrected chi connectivity index (χ2v) is 8.70. The van der Waals surface area contributed by atoms with Gasteiger partial charge in [-0.05, 0) is 43.0 Å². The van der Waals surface area contributed by atoms with Gasteiger partial charge in [0.15, 0.2) is 0 Å². The molecule has 148 valence electrons. The number of hydrogen-bond donors (Lipinski definition) is 2. The maximum atomic E-state index is 12.0. The summed E-state index contributed by atoms with van der Waals surface area (Å²) in [7, 11) is -3.36. The van der Waals surface area contributed by atoms with Crippen molar-refractivity contribution in [3.8, 4) is 0 Å². The first-order valence-electron chi connectivity index (χ1n) is 9.01. The van der Waals surface area contributed by atoms with Crippen molar-refractivity contribution in [3.05, 3.63) is 71.3 Å². The maximum Gasteiger partial charge on any atom is 0.221 e. The SMILES string of the molecule is Cc1ccccc1CN(NS(C)(=O)=O)[C@H]1CCCN[C@H]1c1ccccc1.Cl. The average Bonchev–Trinajstić information content (AvgIpc) is 2.63. The molecule has 1 aliphatic heterocycles. The number of halogens is 1. The molecular formula is C20H28ClN3O2S. The lowest BCUT2D eigenvalue weighted by Crippen LogP contribution is -2.54. The predicted molar refractivity (Wildman–Crippen MR) is 112 cm³/mol. The Morgan fingerprint density at radius 3 is 2.44 bits per heavy atom. The van der Waals surface area contributed by atoms with Crippen molar-refractivity contribution in [3.63, 3.8) is 0 Å². The van der Waals surface area contributed by atoms with Gasteiger partial charge in [0.1, 0.15) is 0 Å². The highest BCUT2D eigenvalue weighted by atomic mass is 35.5. The zero-order valence-electron chi connectivity index (χ0n) is 15.8. The maximum absolute atomic E-state index is 12.0. The number of sulfonamides is 1. The Kier molecular flexibility index (Phi) is 7.82. The lowest BCUT2D eigenvalue weighted by atomic mass is 9.91. The molecule has 5 nitrogen and oxygen atoms in total. The van der Waals surface area contributed by atoms with Crippen molar-refractivity contribution in [1.29, 1.82) is 0 Å². The second-order valence-electron chi connectivity index (χ2n) is 6.97. The third-order valence-electron chi connectivity index (χ3n) is 4.87. The summed E-state index contributed by atoms with van der Waals surface area (Å²) >= 11 is 0. The van der Waals surface area contributed by atoms with E-state index in [1.54, 1.807) is 0 Å². The van der Waals surface area contributed by atoms with Gasteiger partial charge in [-0.15, -0.1) is 17.2 Å². The van der Waals surface area contributed by atoms with Crippen LogP contribution in [0.4, 0.5) is 0 Å². The van der Waals surface area contributed by atoms with Crippen LogP contribution in [0, 0.1) is 6.92 Å². The van der Waals surface area contributed by atoms with Gasteiger partial charge < -0.3 is 5.32 Å². The molecule has 1 aliphatic rings. The summed E-state index contributed by atoms with van der Waals surface area (Å²) in [6, 6.07) is 18.5. The van der Waals surface area contributed by atoms with Crippen molar-refractivity contribution in [2.75, 3.05) is 12.8 Å². The number of rotatable bonds is 6. The first-order chi connectivity index (χ1) is 12.4. The van der Waals surface area contributed by atoms with Gasteiger partial charge in [-0.3, -0.25) is 0 Å². The third-order valence-corrected chi connectivity index (χ3v) is 5.44. The van der Waals surface area contributed by atoms with Crippen LogP contribution in [0.1, 0.15) is 35.6 Å². The Morgan fingerprint density at radius 1 is 1.11 bits per heavy atom. The summed E-state index contributed by atoms with van der Waals surface area (Å²) in [6.07, 6.45) is 3.16. The summed E-state index contributed by atoms with van der Waals surface area (Å²) < 4.78 is 24.1. The van der Waals surface area contributed by atoms with E-state index in [1.807, 2.05) is 35.3 Å². The van der Waals surface area contributed by atoms with E-state index >= 15 is 0 Å². The van der Waals surface area contributed by atoms with Crippen LogP contribution in [-0.4, -0.2) is 32.3 Å². The molecule has 1 saturated heterocycles. The number of hydrazine groups is 1. The van der Waals surface area contributed by atoms with E-state index in [0.717, 1.165) is 30.5 Å². The quantitative estimate of drug-likeness (QED) is 0.719. The summed E-state index contributed by atoms with van der Waals surface area (Å²) in [4.78, 5) is 2.77. The Labute approximate surface area is 168 Å². The van der Waals surface area contributed by atoms with E-state index in [9.17, 15) is 8.42 Å². The van der Waals surface area contributed by atoms with E-state index in [-0.39, 0.29) is 24.5 Å². The van der Waals surface area contributed by atoms with E-state index in [0.29, 0.717) is 6.54 Å². The molecule has 0 saturated carbocycles. The van der Waals surface area contributed by atoms with Gasteiger partial charge in [0, 0.05) is 18.6 Å². The minimum Gasteiger partial charge on any atom is -0.309 e. The highest BCUT2D eigenvalue weighted by Crippen LogP contribution is 2.28. The van der Waals surface area contributed by atoms with Gasteiger partial charge in [0.2, 0.25) is 10.0 Å². The zero-order chi connectivity index (χ0) is 18.6. The fourth-order valence-corrected chi connectivity index (χ4v) is 4.23. The van der Waals surface area contributed by atoms with Crippen LogP contribution in [0.3, 0.4) is 0 Å². The smallest absolute Gasteiger partial charge is 0.221 e. The Balaban J connectivity index is 0.00000261. The Hall–Kier alpha value is -1.44. The fourth-order valence-electron chi connectivity index (χ4n) is 3.61. The first kappa shape index (κ1) is 21.9.